The van der Waals surface area contributed by atoms with E-state index in [0.29, 0.717) is 0 Å². The third-order valence-corrected chi connectivity index (χ3v) is 9.90. The van der Waals surface area contributed by atoms with Crippen LogP contribution in [-0.2, 0) is 0 Å². The summed E-state index contributed by atoms with van der Waals surface area (Å²) in [5.74, 6) is 2.33. The average Bonchev–Trinajstić information content (AvgIpc) is 3.34. The Kier molecular flexibility index (Phi) is 16.0. The van der Waals surface area contributed by atoms with Crippen molar-refractivity contribution in [3.8, 4) is 0 Å². The average molecular weight is 423 g/mol. The van der Waals surface area contributed by atoms with Crippen LogP contribution < -0.4 is 0 Å². The first-order valence-corrected chi connectivity index (χ1v) is 15.4. The number of fused-ring (bicyclic) bond motifs is 1. The molecule has 2 rings (SSSR count). The van der Waals surface area contributed by atoms with Crippen molar-refractivity contribution in [3.05, 3.63) is 0 Å². The minimum atomic E-state index is 1.16. The van der Waals surface area contributed by atoms with E-state index in [1.165, 1.54) is 130 Å². The number of hydrogen-bond donors (Lipinski definition) is 0. The van der Waals surface area contributed by atoms with Crippen LogP contribution in [-0.4, -0.2) is 11.8 Å². The fraction of sp³-hybridized carbons (Fsp3) is 1.00. The van der Waals surface area contributed by atoms with Crippen LogP contribution in [0.2, 0.25) is 0 Å². The van der Waals surface area contributed by atoms with Crippen molar-refractivity contribution in [2.45, 2.75) is 160 Å². The smallest absolute Gasteiger partial charge is 0.0206 e. The van der Waals surface area contributed by atoms with E-state index >= 15 is 0 Å². The van der Waals surface area contributed by atoms with Crippen molar-refractivity contribution < 1.29 is 0 Å². The van der Waals surface area contributed by atoms with E-state index in [1.807, 2.05) is 0 Å². The maximum absolute atomic E-state index is 2.31. The third kappa shape index (κ3) is 12.1. The molecule has 0 heterocycles. The summed E-state index contributed by atoms with van der Waals surface area (Å²) in [6.45, 7) is 2.31. The molecular formula is C28H55P. The molecule has 0 aromatic carbocycles. The highest BCUT2D eigenvalue weighted by atomic mass is 31.1. The van der Waals surface area contributed by atoms with E-state index in [9.17, 15) is 0 Å². The lowest BCUT2D eigenvalue weighted by Crippen LogP contribution is -2.10. The highest BCUT2D eigenvalue weighted by Gasteiger charge is 2.38. The molecule has 0 aromatic heterocycles. The summed E-state index contributed by atoms with van der Waals surface area (Å²) in [5, 5.41) is 0. The van der Waals surface area contributed by atoms with Crippen molar-refractivity contribution in [2.75, 3.05) is 6.16 Å². The van der Waals surface area contributed by atoms with Gasteiger partial charge in [-0.3, -0.25) is 0 Å². The molecule has 0 nitrogen and oxygen atoms in total. The van der Waals surface area contributed by atoms with Gasteiger partial charge in [-0.25, -0.2) is 0 Å². The van der Waals surface area contributed by atoms with E-state index in [1.54, 1.807) is 38.3 Å². The summed E-state index contributed by atoms with van der Waals surface area (Å²) >= 11 is 0. The first kappa shape index (κ1) is 25.7. The van der Waals surface area contributed by atoms with Crippen molar-refractivity contribution in [1.29, 1.82) is 0 Å². The molecule has 0 spiro atoms. The Bertz CT molecular complexity index is 352. The molecule has 0 radical (unpaired) electrons. The van der Waals surface area contributed by atoms with Crippen LogP contribution >= 0.6 is 8.58 Å². The van der Waals surface area contributed by atoms with Gasteiger partial charge in [0.05, 0.1) is 0 Å². The second-order valence-electron chi connectivity index (χ2n) is 10.5. The van der Waals surface area contributed by atoms with Gasteiger partial charge in [0.25, 0.3) is 0 Å². The predicted octanol–water partition coefficient (Wildman–Crippen LogP) is 10.3. The van der Waals surface area contributed by atoms with Crippen LogP contribution in [0.5, 0.6) is 0 Å². The Hall–Kier alpha value is 0.430. The van der Waals surface area contributed by atoms with E-state index in [4.69, 9.17) is 0 Å². The van der Waals surface area contributed by atoms with Gasteiger partial charge in [0.15, 0.2) is 0 Å². The van der Waals surface area contributed by atoms with Gasteiger partial charge in [0, 0.05) is 0 Å². The number of unbranched alkanes of at least 4 members (excludes halogenated alkanes) is 17. The maximum Gasteiger partial charge on any atom is -0.0206 e. The Labute approximate surface area is 186 Å². The molecule has 2 fully saturated rings. The van der Waals surface area contributed by atoms with Crippen LogP contribution in [0.1, 0.15) is 155 Å². The van der Waals surface area contributed by atoms with Crippen LogP contribution in [0.4, 0.5) is 0 Å². The molecule has 29 heavy (non-hydrogen) atoms. The summed E-state index contributed by atoms with van der Waals surface area (Å²) in [6.07, 6.45) is 36.3. The fourth-order valence-electron chi connectivity index (χ4n) is 6.13. The lowest BCUT2D eigenvalue weighted by Gasteiger charge is -2.18. The van der Waals surface area contributed by atoms with Crippen molar-refractivity contribution in [2.24, 2.45) is 11.8 Å². The van der Waals surface area contributed by atoms with Gasteiger partial charge < -0.3 is 0 Å². The molecule has 172 valence electrons. The van der Waals surface area contributed by atoms with Gasteiger partial charge in [-0.1, -0.05) is 129 Å². The maximum atomic E-state index is 2.31. The van der Waals surface area contributed by atoms with E-state index in [2.05, 4.69) is 6.92 Å². The van der Waals surface area contributed by atoms with Gasteiger partial charge in [-0.15, -0.1) is 8.58 Å². The quantitative estimate of drug-likeness (QED) is 0.135. The first-order valence-electron chi connectivity index (χ1n) is 14.1. The minimum absolute atomic E-state index is 1.16. The Morgan fingerprint density at radius 2 is 1.00 bits per heavy atom. The Morgan fingerprint density at radius 3 is 1.52 bits per heavy atom. The van der Waals surface area contributed by atoms with Crippen molar-refractivity contribution in [1.82, 2.24) is 0 Å². The predicted molar refractivity (Wildman–Crippen MR) is 136 cm³/mol. The molecular weight excluding hydrogens is 367 g/mol. The van der Waals surface area contributed by atoms with Gasteiger partial charge in [0.1, 0.15) is 0 Å². The van der Waals surface area contributed by atoms with Crippen molar-refractivity contribution in [3.63, 3.8) is 0 Å². The molecule has 2 saturated carbocycles. The third-order valence-electron chi connectivity index (χ3n) is 8.02. The molecule has 4 unspecified atom stereocenters. The first-order chi connectivity index (χ1) is 14.4. The molecule has 0 saturated heterocycles. The minimum Gasteiger partial charge on any atom is -0.119 e. The molecule has 0 aromatic rings. The van der Waals surface area contributed by atoms with Gasteiger partial charge in [0.2, 0.25) is 0 Å². The summed E-state index contributed by atoms with van der Waals surface area (Å²) < 4.78 is 0. The van der Waals surface area contributed by atoms with Gasteiger partial charge in [-0.05, 0) is 49.3 Å². The second-order valence-corrected chi connectivity index (χ2v) is 12.2. The molecule has 2 aliphatic carbocycles. The van der Waals surface area contributed by atoms with E-state index in [-0.39, 0.29) is 0 Å². The largest absolute Gasteiger partial charge is 0.119 e. The fourth-order valence-corrected chi connectivity index (χ4v) is 8.07. The zero-order valence-electron chi connectivity index (χ0n) is 20.2. The number of hydrogen-bond acceptors (Lipinski definition) is 0. The standard InChI is InChI=1S/C28H55P/c1-2-3-4-5-6-7-8-9-10-11-12-13-14-15-16-17-18-19-25-29-28-24-23-26-21-20-22-27(26)28/h26-29H,2-25H2,1H3. The summed E-state index contributed by atoms with van der Waals surface area (Å²) in [4.78, 5) is 0. The number of rotatable bonds is 20. The molecule has 0 N–H and O–H groups in total. The van der Waals surface area contributed by atoms with Crippen molar-refractivity contribution >= 4 is 8.58 Å². The summed E-state index contributed by atoms with van der Waals surface area (Å²) in [6, 6.07) is 0. The molecule has 2 aliphatic rings. The molecule has 4 atom stereocenters. The Balaban J connectivity index is 1.21. The van der Waals surface area contributed by atoms with Crippen LogP contribution in [0.3, 0.4) is 0 Å². The van der Waals surface area contributed by atoms with Crippen LogP contribution in [0.25, 0.3) is 0 Å². The van der Waals surface area contributed by atoms with E-state index in [0.717, 1.165) is 11.6 Å². The molecule has 1 heteroatoms. The lowest BCUT2D eigenvalue weighted by molar-refractivity contribution is 0.461. The lowest BCUT2D eigenvalue weighted by atomic mass is 10.0. The van der Waals surface area contributed by atoms with Crippen LogP contribution in [0.15, 0.2) is 0 Å². The highest BCUT2D eigenvalue weighted by Crippen LogP contribution is 2.50. The zero-order chi connectivity index (χ0) is 20.4. The summed E-state index contributed by atoms with van der Waals surface area (Å²) in [5.41, 5.74) is 1.16. The second kappa shape index (κ2) is 18.0. The molecule has 0 aliphatic heterocycles. The Morgan fingerprint density at radius 1 is 0.517 bits per heavy atom. The van der Waals surface area contributed by atoms with Crippen LogP contribution in [0, 0.1) is 11.8 Å². The highest BCUT2D eigenvalue weighted by molar-refractivity contribution is 7.38. The van der Waals surface area contributed by atoms with Gasteiger partial charge in [-0.2, -0.15) is 0 Å². The monoisotopic (exact) mass is 422 g/mol. The SMILES string of the molecule is CCCCCCCCCCCCCCCCCCCCPC1CCC2CCCC21. The zero-order valence-corrected chi connectivity index (χ0v) is 21.2. The normalized spacial score (nSPS) is 24.1. The molecule has 0 amide bonds. The van der Waals surface area contributed by atoms with E-state index < -0.39 is 0 Å². The van der Waals surface area contributed by atoms with Gasteiger partial charge >= 0.3 is 0 Å². The topological polar surface area (TPSA) is 0 Å². The summed E-state index contributed by atoms with van der Waals surface area (Å²) in [7, 11) is 1.31. The molecule has 0 bridgehead atoms.